The molecule has 1 aromatic heterocycles. The van der Waals surface area contributed by atoms with Gasteiger partial charge in [0.05, 0.1) is 0 Å². The molecular weight excluding hydrogens is 240 g/mol. The van der Waals surface area contributed by atoms with Crippen LogP contribution in [0.15, 0.2) is 18.3 Å². The first-order valence-electron chi connectivity index (χ1n) is 7.06. The average Bonchev–Trinajstić information content (AvgIpc) is 2.48. The third-order valence-corrected chi connectivity index (χ3v) is 3.62. The third kappa shape index (κ3) is 4.16. The number of aliphatic hydroxyl groups is 1. The SMILES string of the molecule is NCc1ccc(N2CCN(CCCCO)CC2)nc1. The van der Waals surface area contributed by atoms with Gasteiger partial charge in [-0.3, -0.25) is 4.90 Å². The monoisotopic (exact) mass is 264 g/mol. The number of hydrogen-bond donors (Lipinski definition) is 2. The van der Waals surface area contributed by atoms with Crippen LogP contribution in [0.4, 0.5) is 5.82 Å². The molecule has 0 spiro atoms. The molecule has 0 radical (unpaired) electrons. The fourth-order valence-electron chi connectivity index (χ4n) is 2.37. The topological polar surface area (TPSA) is 65.6 Å². The minimum atomic E-state index is 0.303. The first-order valence-corrected chi connectivity index (χ1v) is 7.06. The van der Waals surface area contributed by atoms with Gasteiger partial charge < -0.3 is 15.7 Å². The molecule has 0 aromatic carbocycles. The summed E-state index contributed by atoms with van der Waals surface area (Å²) < 4.78 is 0. The second kappa shape index (κ2) is 7.43. The Balaban J connectivity index is 1.78. The second-order valence-corrected chi connectivity index (χ2v) is 4.99. The van der Waals surface area contributed by atoms with Gasteiger partial charge in [0.1, 0.15) is 5.82 Å². The smallest absolute Gasteiger partial charge is 0.128 e. The quantitative estimate of drug-likeness (QED) is 0.730. The van der Waals surface area contributed by atoms with E-state index < -0.39 is 0 Å². The van der Waals surface area contributed by atoms with E-state index in [1.165, 1.54) is 0 Å². The largest absolute Gasteiger partial charge is 0.396 e. The van der Waals surface area contributed by atoms with Crippen molar-refractivity contribution in [3.8, 4) is 0 Å². The lowest BCUT2D eigenvalue weighted by atomic mass is 10.2. The Morgan fingerprint density at radius 2 is 1.95 bits per heavy atom. The van der Waals surface area contributed by atoms with Gasteiger partial charge in [0, 0.05) is 45.5 Å². The predicted molar refractivity (Wildman–Crippen MR) is 77.1 cm³/mol. The van der Waals surface area contributed by atoms with E-state index in [1.807, 2.05) is 6.20 Å². The molecule has 2 heterocycles. The van der Waals surface area contributed by atoms with Crippen LogP contribution in [0.25, 0.3) is 0 Å². The number of rotatable bonds is 6. The third-order valence-electron chi connectivity index (χ3n) is 3.62. The molecule has 0 bridgehead atoms. The van der Waals surface area contributed by atoms with Gasteiger partial charge in [0.15, 0.2) is 0 Å². The first kappa shape index (κ1) is 14.2. The summed E-state index contributed by atoms with van der Waals surface area (Å²) in [5.41, 5.74) is 6.65. The zero-order chi connectivity index (χ0) is 13.5. The molecule has 1 aliphatic rings. The van der Waals surface area contributed by atoms with E-state index in [0.29, 0.717) is 13.2 Å². The summed E-state index contributed by atoms with van der Waals surface area (Å²) in [5, 5.41) is 8.79. The number of piperazine rings is 1. The number of aromatic nitrogens is 1. The molecule has 5 nitrogen and oxygen atoms in total. The number of aliphatic hydroxyl groups excluding tert-OH is 1. The summed E-state index contributed by atoms with van der Waals surface area (Å²) in [7, 11) is 0. The molecule has 0 atom stereocenters. The molecule has 106 valence electrons. The summed E-state index contributed by atoms with van der Waals surface area (Å²) in [6.07, 6.45) is 3.85. The molecule has 2 rings (SSSR count). The van der Waals surface area contributed by atoms with Crippen molar-refractivity contribution in [3.05, 3.63) is 23.9 Å². The van der Waals surface area contributed by atoms with Crippen LogP contribution in [-0.2, 0) is 6.54 Å². The maximum Gasteiger partial charge on any atom is 0.128 e. The minimum absolute atomic E-state index is 0.303. The lowest BCUT2D eigenvalue weighted by Gasteiger charge is -2.35. The number of unbranched alkanes of at least 4 members (excludes halogenated alkanes) is 1. The Kier molecular flexibility index (Phi) is 5.57. The summed E-state index contributed by atoms with van der Waals surface area (Å²) in [6, 6.07) is 4.11. The highest BCUT2D eigenvalue weighted by Crippen LogP contribution is 2.14. The van der Waals surface area contributed by atoms with E-state index in [9.17, 15) is 0 Å². The molecule has 3 N–H and O–H groups in total. The normalized spacial score (nSPS) is 16.8. The molecule has 0 saturated carbocycles. The zero-order valence-electron chi connectivity index (χ0n) is 11.5. The summed E-state index contributed by atoms with van der Waals surface area (Å²) in [5.74, 6) is 1.05. The van der Waals surface area contributed by atoms with Crippen molar-refractivity contribution in [1.29, 1.82) is 0 Å². The van der Waals surface area contributed by atoms with Crippen LogP contribution < -0.4 is 10.6 Å². The van der Waals surface area contributed by atoms with Crippen molar-refractivity contribution in [2.45, 2.75) is 19.4 Å². The number of hydrogen-bond acceptors (Lipinski definition) is 5. The van der Waals surface area contributed by atoms with Gasteiger partial charge in [-0.2, -0.15) is 0 Å². The van der Waals surface area contributed by atoms with Gasteiger partial charge in [-0.05, 0) is 31.0 Å². The lowest BCUT2D eigenvalue weighted by molar-refractivity contribution is 0.232. The molecule has 1 aromatic rings. The highest BCUT2D eigenvalue weighted by Gasteiger charge is 2.17. The highest BCUT2D eigenvalue weighted by molar-refractivity contribution is 5.39. The van der Waals surface area contributed by atoms with Crippen LogP contribution in [0.1, 0.15) is 18.4 Å². The molecule has 0 aliphatic carbocycles. The van der Waals surface area contributed by atoms with E-state index in [4.69, 9.17) is 10.8 Å². The van der Waals surface area contributed by atoms with Crippen LogP contribution in [0, 0.1) is 0 Å². The van der Waals surface area contributed by atoms with Gasteiger partial charge in [0.2, 0.25) is 0 Å². The van der Waals surface area contributed by atoms with Crippen molar-refractivity contribution in [2.75, 3.05) is 44.2 Å². The van der Waals surface area contributed by atoms with E-state index in [2.05, 4.69) is 26.9 Å². The molecule has 5 heteroatoms. The average molecular weight is 264 g/mol. The Morgan fingerprint density at radius 1 is 1.16 bits per heavy atom. The molecule has 0 unspecified atom stereocenters. The standard InChI is InChI=1S/C14H24N4O/c15-11-13-3-4-14(16-12-13)18-8-6-17(7-9-18)5-1-2-10-19/h3-4,12,19H,1-2,5-11,15H2. The van der Waals surface area contributed by atoms with Crippen molar-refractivity contribution in [1.82, 2.24) is 9.88 Å². The summed E-state index contributed by atoms with van der Waals surface area (Å²) in [6.45, 7) is 6.14. The van der Waals surface area contributed by atoms with Crippen molar-refractivity contribution in [3.63, 3.8) is 0 Å². The number of anilines is 1. The van der Waals surface area contributed by atoms with Crippen LogP contribution >= 0.6 is 0 Å². The number of pyridine rings is 1. The van der Waals surface area contributed by atoms with Crippen LogP contribution in [0.5, 0.6) is 0 Å². The molecule has 1 saturated heterocycles. The predicted octanol–water partition coefficient (Wildman–Crippen LogP) is 0.435. The number of nitrogens with zero attached hydrogens (tertiary/aromatic N) is 3. The van der Waals surface area contributed by atoms with Crippen LogP contribution in [-0.4, -0.2) is 54.3 Å². The fraction of sp³-hybridized carbons (Fsp3) is 0.643. The van der Waals surface area contributed by atoms with Gasteiger partial charge in [-0.15, -0.1) is 0 Å². The van der Waals surface area contributed by atoms with E-state index in [0.717, 1.165) is 56.9 Å². The summed E-state index contributed by atoms with van der Waals surface area (Å²) >= 11 is 0. The Labute approximate surface area is 115 Å². The van der Waals surface area contributed by atoms with Crippen molar-refractivity contribution in [2.24, 2.45) is 5.73 Å². The van der Waals surface area contributed by atoms with Crippen LogP contribution in [0.2, 0.25) is 0 Å². The lowest BCUT2D eigenvalue weighted by Crippen LogP contribution is -2.46. The van der Waals surface area contributed by atoms with E-state index in [1.54, 1.807) is 0 Å². The zero-order valence-corrected chi connectivity index (χ0v) is 11.5. The first-order chi connectivity index (χ1) is 9.33. The maximum absolute atomic E-state index is 8.79. The van der Waals surface area contributed by atoms with Crippen LogP contribution in [0.3, 0.4) is 0 Å². The Hall–Kier alpha value is -1.17. The molecule has 0 amide bonds. The van der Waals surface area contributed by atoms with Crippen molar-refractivity contribution >= 4 is 5.82 Å². The molecular formula is C14H24N4O. The van der Waals surface area contributed by atoms with Gasteiger partial charge in [-0.25, -0.2) is 4.98 Å². The Morgan fingerprint density at radius 3 is 2.53 bits per heavy atom. The number of nitrogens with two attached hydrogens (primary N) is 1. The highest BCUT2D eigenvalue weighted by atomic mass is 16.2. The molecule has 1 aliphatic heterocycles. The van der Waals surface area contributed by atoms with Crippen molar-refractivity contribution < 1.29 is 5.11 Å². The summed E-state index contributed by atoms with van der Waals surface area (Å²) in [4.78, 5) is 9.25. The van der Waals surface area contributed by atoms with Gasteiger partial charge in [-0.1, -0.05) is 6.07 Å². The molecule has 1 fully saturated rings. The van der Waals surface area contributed by atoms with E-state index >= 15 is 0 Å². The minimum Gasteiger partial charge on any atom is -0.396 e. The van der Waals surface area contributed by atoms with Gasteiger partial charge in [0.25, 0.3) is 0 Å². The fourth-order valence-corrected chi connectivity index (χ4v) is 2.37. The second-order valence-electron chi connectivity index (χ2n) is 4.99. The van der Waals surface area contributed by atoms with Gasteiger partial charge >= 0.3 is 0 Å². The maximum atomic E-state index is 8.79. The Bertz CT molecular complexity index is 360. The molecule has 19 heavy (non-hydrogen) atoms. The van der Waals surface area contributed by atoms with E-state index in [-0.39, 0.29) is 0 Å².